The Bertz CT molecular complexity index is 160. The lowest BCUT2D eigenvalue weighted by molar-refractivity contribution is 0.1000. The van der Waals surface area contributed by atoms with Gasteiger partial charge in [0.15, 0.2) is 0 Å². The fourth-order valence-electron chi connectivity index (χ4n) is 2.04. The van der Waals surface area contributed by atoms with Gasteiger partial charge in [-0.1, -0.05) is 20.3 Å². The van der Waals surface area contributed by atoms with E-state index in [9.17, 15) is 0 Å². The summed E-state index contributed by atoms with van der Waals surface area (Å²) in [5.41, 5.74) is 0. The highest BCUT2D eigenvalue weighted by Crippen LogP contribution is 2.23. The lowest BCUT2D eigenvalue weighted by atomic mass is 10.2. The summed E-state index contributed by atoms with van der Waals surface area (Å²) in [5.74, 6) is 1.28. The Balaban J connectivity index is 2.14. The number of hydrogen-bond donors (Lipinski definition) is 1. The van der Waals surface area contributed by atoms with Gasteiger partial charge in [-0.25, -0.2) is 0 Å². The summed E-state index contributed by atoms with van der Waals surface area (Å²) in [6.07, 6.45) is 6.34. The molecule has 2 nitrogen and oxygen atoms in total. The van der Waals surface area contributed by atoms with Crippen molar-refractivity contribution in [2.24, 2.45) is 0 Å². The minimum Gasteiger partial charge on any atom is -0.381 e. The number of nitrogens with one attached hydrogen (secondary N) is 1. The molecule has 1 aliphatic rings. The Hall–Kier alpha value is 0.270. The van der Waals surface area contributed by atoms with E-state index in [-0.39, 0.29) is 0 Å². The van der Waals surface area contributed by atoms with Crippen molar-refractivity contribution in [1.29, 1.82) is 0 Å². The second-order valence-corrected chi connectivity index (χ2v) is 5.92. The van der Waals surface area contributed by atoms with Crippen LogP contribution < -0.4 is 5.32 Å². The topological polar surface area (TPSA) is 21.3 Å². The molecule has 1 saturated heterocycles. The van der Waals surface area contributed by atoms with Gasteiger partial charge in [0.1, 0.15) is 0 Å². The van der Waals surface area contributed by atoms with E-state index in [0.717, 1.165) is 24.5 Å². The average Bonchev–Trinajstić information content (AvgIpc) is 2.34. The minimum absolute atomic E-state index is 0.720. The minimum atomic E-state index is 0.720. The molecule has 0 amide bonds. The summed E-state index contributed by atoms with van der Waals surface area (Å²) in [7, 11) is 0. The molecule has 0 aromatic rings. The van der Waals surface area contributed by atoms with Crippen LogP contribution in [0.4, 0.5) is 0 Å². The third-order valence-corrected chi connectivity index (χ3v) is 4.56. The highest BCUT2D eigenvalue weighted by Gasteiger charge is 2.16. The van der Waals surface area contributed by atoms with Crippen LogP contribution in [0.25, 0.3) is 0 Å². The van der Waals surface area contributed by atoms with E-state index in [0.29, 0.717) is 0 Å². The SMILES string of the molecule is CCCNC(CCC)CSC1CCOCC1. The van der Waals surface area contributed by atoms with E-state index in [4.69, 9.17) is 4.74 Å². The first kappa shape index (κ1) is 14.3. The summed E-state index contributed by atoms with van der Waals surface area (Å²) in [4.78, 5) is 0. The first-order chi connectivity index (χ1) is 7.86. The molecule has 1 rings (SSSR count). The third kappa shape index (κ3) is 6.12. The predicted molar refractivity (Wildman–Crippen MR) is 73.3 cm³/mol. The summed E-state index contributed by atoms with van der Waals surface area (Å²) in [5, 5.41) is 4.50. The van der Waals surface area contributed by atoms with Crippen LogP contribution in [0.1, 0.15) is 46.0 Å². The van der Waals surface area contributed by atoms with E-state index in [2.05, 4.69) is 30.9 Å². The highest BCUT2D eigenvalue weighted by atomic mass is 32.2. The first-order valence-corrected chi connectivity index (χ1v) is 7.84. The predicted octanol–water partition coefficient (Wildman–Crippen LogP) is 3.07. The molecule has 1 atom stereocenters. The Morgan fingerprint density at radius 2 is 2.00 bits per heavy atom. The molecule has 3 heteroatoms. The fourth-order valence-corrected chi connectivity index (χ4v) is 3.35. The quantitative estimate of drug-likeness (QED) is 0.710. The molecule has 1 fully saturated rings. The molecular weight excluding hydrogens is 218 g/mol. The molecule has 0 radical (unpaired) electrons. The van der Waals surface area contributed by atoms with Crippen LogP contribution in [-0.2, 0) is 4.74 Å². The van der Waals surface area contributed by atoms with Crippen molar-refractivity contribution >= 4 is 11.8 Å². The molecule has 0 saturated carbocycles. The van der Waals surface area contributed by atoms with E-state index in [1.165, 1.54) is 44.4 Å². The molecule has 16 heavy (non-hydrogen) atoms. The second-order valence-electron chi connectivity index (χ2n) is 4.58. The van der Waals surface area contributed by atoms with Crippen LogP contribution in [-0.4, -0.2) is 36.8 Å². The van der Waals surface area contributed by atoms with E-state index < -0.39 is 0 Å². The zero-order chi connectivity index (χ0) is 11.6. The van der Waals surface area contributed by atoms with Crippen molar-refractivity contribution in [3.05, 3.63) is 0 Å². The van der Waals surface area contributed by atoms with E-state index in [1.54, 1.807) is 0 Å². The van der Waals surface area contributed by atoms with Gasteiger partial charge in [0, 0.05) is 30.3 Å². The van der Waals surface area contributed by atoms with Crippen LogP contribution in [0.15, 0.2) is 0 Å². The summed E-state index contributed by atoms with van der Waals surface area (Å²) < 4.78 is 5.39. The maximum Gasteiger partial charge on any atom is 0.0476 e. The van der Waals surface area contributed by atoms with Crippen LogP contribution in [0.5, 0.6) is 0 Å². The Labute approximate surface area is 105 Å². The first-order valence-electron chi connectivity index (χ1n) is 6.79. The van der Waals surface area contributed by atoms with Crippen molar-refractivity contribution in [3.63, 3.8) is 0 Å². The van der Waals surface area contributed by atoms with Gasteiger partial charge in [-0.15, -0.1) is 0 Å². The second kappa shape index (κ2) is 9.32. The normalized spacial score (nSPS) is 19.9. The highest BCUT2D eigenvalue weighted by molar-refractivity contribution is 7.99. The molecule has 0 aromatic heterocycles. The molecule has 1 aliphatic heterocycles. The molecular formula is C13H27NOS. The van der Waals surface area contributed by atoms with Crippen molar-refractivity contribution in [2.45, 2.75) is 57.2 Å². The van der Waals surface area contributed by atoms with Gasteiger partial charge < -0.3 is 10.1 Å². The fraction of sp³-hybridized carbons (Fsp3) is 1.00. The van der Waals surface area contributed by atoms with Crippen LogP contribution in [0.2, 0.25) is 0 Å². The van der Waals surface area contributed by atoms with Gasteiger partial charge in [-0.3, -0.25) is 0 Å². The molecule has 0 spiro atoms. The summed E-state index contributed by atoms with van der Waals surface area (Å²) in [6, 6.07) is 0.720. The summed E-state index contributed by atoms with van der Waals surface area (Å²) >= 11 is 2.15. The van der Waals surface area contributed by atoms with Crippen LogP contribution >= 0.6 is 11.8 Å². The molecule has 0 aliphatic carbocycles. The van der Waals surface area contributed by atoms with Crippen LogP contribution in [0, 0.1) is 0 Å². The lowest BCUT2D eigenvalue weighted by Gasteiger charge is -2.24. The van der Waals surface area contributed by atoms with Gasteiger partial charge in [-0.2, -0.15) is 11.8 Å². The van der Waals surface area contributed by atoms with Crippen molar-refractivity contribution in [2.75, 3.05) is 25.5 Å². The molecule has 96 valence electrons. The molecule has 0 aromatic carbocycles. The van der Waals surface area contributed by atoms with Crippen molar-refractivity contribution in [1.82, 2.24) is 5.32 Å². The molecule has 1 N–H and O–H groups in total. The van der Waals surface area contributed by atoms with Gasteiger partial charge in [0.25, 0.3) is 0 Å². The number of ether oxygens (including phenoxy) is 1. The zero-order valence-corrected chi connectivity index (χ0v) is 11.7. The standard InChI is InChI=1S/C13H27NOS/c1-3-5-12(14-8-4-2)11-16-13-6-9-15-10-7-13/h12-14H,3-11H2,1-2H3. The van der Waals surface area contributed by atoms with Gasteiger partial charge in [-0.05, 0) is 32.2 Å². The van der Waals surface area contributed by atoms with E-state index in [1.807, 2.05) is 0 Å². The van der Waals surface area contributed by atoms with E-state index >= 15 is 0 Å². The van der Waals surface area contributed by atoms with Crippen molar-refractivity contribution in [3.8, 4) is 0 Å². The smallest absolute Gasteiger partial charge is 0.0476 e. The zero-order valence-electron chi connectivity index (χ0n) is 10.8. The number of rotatable bonds is 8. The third-order valence-electron chi connectivity index (χ3n) is 3.02. The number of hydrogen-bond acceptors (Lipinski definition) is 3. The van der Waals surface area contributed by atoms with Gasteiger partial charge >= 0.3 is 0 Å². The number of thioether (sulfide) groups is 1. The Kier molecular flexibility index (Phi) is 8.34. The monoisotopic (exact) mass is 245 g/mol. The van der Waals surface area contributed by atoms with Crippen LogP contribution in [0.3, 0.4) is 0 Å². The maximum atomic E-state index is 5.39. The lowest BCUT2D eigenvalue weighted by Crippen LogP contribution is -2.33. The average molecular weight is 245 g/mol. The van der Waals surface area contributed by atoms with Gasteiger partial charge in [0.2, 0.25) is 0 Å². The van der Waals surface area contributed by atoms with Crippen molar-refractivity contribution < 1.29 is 4.74 Å². The molecule has 0 bridgehead atoms. The largest absolute Gasteiger partial charge is 0.381 e. The maximum absolute atomic E-state index is 5.39. The Morgan fingerprint density at radius 3 is 2.62 bits per heavy atom. The molecule has 1 heterocycles. The summed E-state index contributed by atoms with van der Waals surface area (Å²) in [6.45, 7) is 7.62. The van der Waals surface area contributed by atoms with Gasteiger partial charge in [0.05, 0.1) is 0 Å². The molecule has 1 unspecified atom stereocenters. The Morgan fingerprint density at radius 1 is 1.25 bits per heavy atom.